The highest BCUT2D eigenvalue weighted by molar-refractivity contribution is 5.94. The summed E-state index contributed by atoms with van der Waals surface area (Å²) in [4.78, 5) is 12.0. The topological polar surface area (TPSA) is 59.6 Å². The number of carbonyl (C=O) groups is 1. The average Bonchev–Trinajstić information content (AvgIpc) is 2.85. The highest BCUT2D eigenvalue weighted by Crippen LogP contribution is 2.24. The van der Waals surface area contributed by atoms with Crippen LogP contribution >= 0.6 is 12.4 Å². The fraction of sp³-hybridized carbons (Fsp3) is 0.500. The standard InChI is InChI=1S/C14H18N2O3.ClH/c17-14(13-2-1-6-18-13)16-11-3-4-12-10(8-11)9-15-5-7-19-12;/h3-4,8,13,15H,1-2,5-7,9H2,(H,16,17);1H. The van der Waals surface area contributed by atoms with E-state index in [0.717, 1.165) is 42.9 Å². The molecule has 1 amide bonds. The van der Waals surface area contributed by atoms with Crippen LogP contribution in [-0.4, -0.2) is 31.8 Å². The first kappa shape index (κ1) is 15.1. The molecule has 2 aliphatic rings. The van der Waals surface area contributed by atoms with Gasteiger partial charge in [-0.3, -0.25) is 4.79 Å². The zero-order valence-electron chi connectivity index (χ0n) is 11.2. The monoisotopic (exact) mass is 298 g/mol. The van der Waals surface area contributed by atoms with E-state index >= 15 is 0 Å². The fourth-order valence-electron chi connectivity index (χ4n) is 2.40. The lowest BCUT2D eigenvalue weighted by molar-refractivity contribution is -0.124. The normalized spacial score (nSPS) is 21.1. The minimum absolute atomic E-state index is 0. The van der Waals surface area contributed by atoms with Crippen molar-refractivity contribution < 1.29 is 14.3 Å². The summed E-state index contributed by atoms with van der Waals surface area (Å²) in [5, 5.41) is 6.18. The van der Waals surface area contributed by atoms with Gasteiger partial charge >= 0.3 is 0 Å². The van der Waals surface area contributed by atoms with Crippen LogP contribution in [0.25, 0.3) is 0 Å². The molecule has 20 heavy (non-hydrogen) atoms. The maximum atomic E-state index is 12.0. The van der Waals surface area contributed by atoms with E-state index in [1.807, 2.05) is 18.2 Å². The van der Waals surface area contributed by atoms with Gasteiger partial charge in [0.25, 0.3) is 5.91 Å². The summed E-state index contributed by atoms with van der Waals surface area (Å²) in [6, 6.07) is 5.74. The molecule has 2 N–H and O–H groups in total. The molecule has 1 fully saturated rings. The van der Waals surface area contributed by atoms with Gasteiger partial charge in [0.05, 0.1) is 0 Å². The van der Waals surface area contributed by atoms with Gasteiger partial charge in [0, 0.05) is 30.9 Å². The molecule has 3 rings (SSSR count). The van der Waals surface area contributed by atoms with Gasteiger partial charge in [0.2, 0.25) is 0 Å². The van der Waals surface area contributed by atoms with E-state index in [9.17, 15) is 4.79 Å². The van der Waals surface area contributed by atoms with Crippen molar-refractivity contribution in [2.24, 2.45) is 0 Å². The number of nitrogens with one attached hydrogen (secondary N) is 2. The Labute approximate surface area is 124 Å². The van der Waals surface area contributed by atoms with Crippen LogP contribution in [0.1, 0.15) is 18.4 Å². The molecule has 0 spiro atoms. The van der Waals surface area contributed by atoms with Gasteiger partial charge < -0.3 is 20.1 Å². The Morgan fingerprint density at radius 2 is 2.25 bits per heavy atom. The predicted octanol–water partition coefficient (Wildman–Crippen LogP) is 1.71. The molecule has 1 aromatic carbocycles. The number of fused-ring (bicyclic) bond motifs is 1. The Morgan fingerprint density at radius 3 is 3.05 bits per heavy atom. The van der Waals surface area contributed by atoms with E-state index in [0.29, 0.717) is 13.2 Å². The zero-order chi connectivity index (χ0) is 13.1. The minimum atomic E-state index is -0.298. The van der Waals surface area contributed by atoms with Crippen molar-refractivity contribution in [2.75, 3.05) is 25.1 Å². The number of halogens is 1. The van der Waals surface area contributed by atoms with Crippen molar-refractivity contribution in [1.29, 1.82) is 0 Å². The quantitative estimate of drug-likeness (QED) is 0.873. The maximum Gasteiger partial charge on any atom is 0.253 e. The van der Waals surface area contributed by atoms with Crippen LogP contribution < -0.4 is 15.4 Å². The second-order valence-corrected chi connectivity index (χ2v) is 4.84. The molecule has 1 saturated heterocycles. The molecule has 6 heteroatoms. The van der Waals surface area contributed by atoms with Crippen molar-refractivity contribution >= 4 is 24.0 Å². The van der Waals surface area contributed by atoms with Gasteiger partial charge in [-0.2, -0.15) is 0 Å². The third-order valence-electron chi connectivity index (χ3n) is 3.40. The summed E-state index contributed by atoms with van der Waals surface area (Å²) in [5.74, 6) is 0.833. The molecule has 2 aliphatic heterocycles. The molecule has 2 heterocycles. The molecule has 1 unspecified atom stereocenters. The highest BCUT2D eigenvalue weighted by Gasteiger charge is 2.23. The van der Waals surface area contributed by atoms with E-state index < -0.39 is 0 Å². The Balaban J connectivity index is 0.00000147. The second-order valence-electron chi connectivity index (χ2n) is 4.84. The molecular formula is C14H19ClN2O3. The molecule has 110 valence electrons. The van der Waals surface area contributed by atoms with E-state index in [2.05, 4.69) is 10.6 Å². The Hall–Kier alpha value is -1.30. The molecule has 0 radical (unpaired) electrons. The lowest BCUT2D eigenvalue weighted by Crippen LogP contribution is -2.26. The van der Waals surface area contributed by atoms with Gasteiger partial charge in [-0.05, 0) is 31.0 Å². The van der Waals surface area contributed by atoms with Gasteiger partial charge in [0.1, 0.15) is 18.5 Å². The number of rotatable bonds is 2. The molecule has 0 saturated carbocycles. The second kappa shape index (κ2) is 6.92. The summed E-state index contributed by atoms with van der Waals surface area (Å²) in [7, 11) is 0. The van der Waals surface area contributed by atoms with Crippen molar-refractivity contribution in [2.45, 2.75) is 25.5 Å². The Bertz CT molecular complexity index is 475. The number of amides is 1. The smallest absolute Gasteiger partial charge is 0.253 e. The minimum Gasteiger partial charge on any atom is -0.492 e. The van der Waals surface area contributed by atoms with Gasteiger partial charge in [0.15, 0.2) is 0 Å². The summed E-state index contributed by atoms with van der Waals surface area (Å²) in [5.41, 5.74) is 1.87. The summed E-state index contributed by atoms with van der Waals surface area (Å²) in [6.45, 7) is 2.96. The first-order chi connectivity index (χ1) is 9.33. The molecule has 0 aromatic heterocycles. The third-order valence-corrected chi connectivity index (χ3v) is 3.40. The number of benzene rings is 1. The van der Waals surface area contributed by atoms with E-state index in [1.54, 1.807) is 0 Å². The lowest BCUT2D eigenvalue weighted by Gasteiger charge is -2.12. The third kappa shape index (κ3) is 3.42. The molecule has 5 nitrogen and oxygen atoms in total. The predicted molar refractivity (Wildman–Crippen MR) is 78.5 cm³/mol. The lowest BCUT2D eigenvalue weighted by atomic mass is 10.1. The highest BCUT2D eigenvalue weighted by atomic mass is 35.5. The number of carbonyl (C=O) groups excluding carboxylic acids is 1. The Morgan fingerprint density at radius 1 is 1.35 bits per heavy atom. The molecular weight excluding hydrogens is 280 g/mol. The molecule has 0 bridgehead atoms. The van der Waals surface area contributed by atoms with E-state index in [1.165, 1.54) is 0 Å². The van der Waals surface area contributed by atoms with Crippen LogP contribution in [0.2, 0.25) is 0 Å². The summed E-state index contributed by atoms with van der Waals surface area (Å²) in [6.07, 6.45) is 1.47. The van der Waals surface area contributed by atoms with E-state index in [4.69, 9.17) is 9.47 Å². The molecule has 0 aliphatic carbocycles. The number of hydrogen-bond donors (Lipinski definition) is 2. The number of ether oxygens (including phenoxy) is 2. The van der Waals surface area contributed by atoms with Crippen molar-refractivity contribution in [3.63, 3.8) is 0 Å². The van der Waals surface area contributed by atoms with Crippen LogP contribution in [-0.2, 0) is 16.1 Å². The van der Waals surface area contributed by atoms with Gasteiger partial charge in [-0.15, -0.1) is 12.4 Å². The Kier molecular flexibility index (Phi) is 5.23. The SMILES string of the molecule is Cl.O=C(Nc1ccc2c(c1)CNCCO2)C1CCCO1. The molecule has 1 atom stereocenters. The fourth-order valence-corrected chi connectivity index (χ4v) is 2.40. The van der Waals surface area contributed by atoms with Crippen LogP contribution in [0.15, 0.2) is 18.2 Å². The first-order valence-electron chi connectivity index (χ1n) is 6.72. The van der Waals surface area contributed by atoms with Crippen LogP contribution in [0.4, 0.5) is 5.69 Å². The first-order valence-corrected chi connectivity index (χ1v) is 6.72. The van der Waals surface area contributed by atoms with Crippen molar-refractivity contribution in [1.82, 2.24) is 5.32 Å². The van der Waals surface area contributed by atoms with Crippen molar-refractivity contribution in [3.05, 3.63) is 23.8 Å². The number of anilines is 1. The van der Waals surface area contributed by atoms with Crippen LogP contribution in [0.5, 0.6) is 5.75 Å². The van der Waals surface area contributed by atoms with Gasteiger partial charge in [-0.25, -0.2) is 0 Å². The summed E-state index contributed by atoms with van der Waals surface area (Å²) >= 11 is 0. The molecule has 1 aromatic rings. The van der Waals surface area contributed by atoms with E-state index in [-0.39, 0.29) is 24.4 Å². The largest absolute Gasteiger partial charge is 0.492 e. The van der Waals surface area contributed by atoms with Crippen LogP contribution in [0.3, 0.4) is 0 Å². The van der Waals surface area contributed by atoms with Gasteiger partial charge in [-0.1, -0.05) is 0 Å². The average molecular weight is 299 g/mol. The number of hydrogen-bond acceptors (Lipinski definition) is 4. The van der Waals surface area contributed by atoms with Crippen LogP contribution in [0, 0.1) is 0 Å². The zero-order valence-corrected chi connectivity index (χ0v) is 12.0. The maximum absolute atomic E-state index is 12.0. The summed E-state index contributed by atoms with van der Waals surface area (Å²) < 4.78 is 11.0. The van der Waals surface area contributed by atoms with Crippen molar-refractivity contribution in [3.8, 4) is 5.75 Å².